The van der Waals surface area contributed by atoms with Gasteiger partial charge in [-0.25, -0.2) is 18.9 Å². The highest BCUT2D eigenvalue weighted by Crippen LogP contribution is 2.52. The number of nitrogens with two attached hydrogens (primary N) is 1. The number of benzene rings is 1. The molecule has 0 spiro atoms. The zero-order chi connectivity index (χ0) is 42.6. The summed E-state index contributed by atoms with van der Waals surface area (Å²) in [5.41, 5.74) is 5.32. The molecule has 0 aliphatic carbocycles. The SMILES string of the molecule is CCC(CC)COC(=O)[C@H](C)N=CP(=O)(OCC1O[C@@](C#N)(c2ccc3c(N)ncnn23)C(O[Si](C)(C)C(C)(C)C)C1O[Si](C)(C)C(C)(C)C)Oc1ccccc1. The van der Waals surface area contributed by atoms with Crippen molar-refractivity contribution in [2.24, 2.45) is 10.9 Å². The molecule has 3 heterocycles. The predicted molar refractivity (Wildman–Crippen MR) is 227 cm³/mol. The highest BCUT2D eigenvalue weighted by Gasteiger charge is 2.63. The first-order chi connectivity index (χ1) is 26.4. The van der Waals surface area contributed by atoms with Crippen LogP contribution in [0, 0.1) is 17.2 Å². The van der Waals surface area contributed by atoms with Crippen LogP contribution in [0.3, 0.4) is 0 Å². The molecule has 14 nitrogen and oxygen atoms in total. The van der Waals surface area contributed by atoms with Crippen LogP contribution < -0.4 is 10.3 Å². The maximum absolute atomic E-state index is 14.7. The number of nitrogens with zero attached hydrogens (tertiary/aromatic N) is 5. The van der Waals surface area contributed by atoms with Crippen LogP contribution >= 0.6 is 7.60 Å². The molecule has 0 amide bonds. The van der Waals surface area contributed by atoms with Gasteiger partial charge >= 0.3 is 13.6 Å². The monoisotopic (exact) mass is 842 g/mol. The van der Waals surface area contributed by atoms with Crippen LogP contribution in [0.5, 0.6) is 5.75 Å². The number of rotatable bonds is 17. The van der Waals surface area contributed by atoms with Gasteiger partial charge in [0.2, 0.25) is 5.60 Å². The van der Waals surface area contributed by atoms with E-state index < -0.39 is 60.2 Å². The Morgan fingerprint density at radius 1 is 1.05 bits per heavy atom. The van der Waals surface area contributed by atoms with Gasteiger partial charge in [0.1, 0.15) is 54.0 Å². The first-order valence-electron chi connectivity index (χ1n) is 19.7. The van der Waals surface area contributed by atoms with Crippen molar-refractivity contribution in [2.75, 3.05) is 18.9 Å². The molecular weight excluding hydrogens is 780 g/mol. The van der Waals surface area contributed by atoms with Gasteiger partial charge in [-0.15, -0.1) is 0 Å². The van der Waals surface area contributed by atoms with Gasteiger partial charge < -0.3 is 28.6 Å². The summed E-state index contributed by atoms with van der Waals surface area (Å²) in [6, 6.07) is 13.5. The molecule has 1 saturated heterocycles. The molecule has 0 saturated carbocycles. The Balaban J connectivity index is 1.83. The minimum atomic E-state index is -4.27. The van der Waals surface area contributed by atoms with Crippen molar-refractivity contribution in [3.8, 4) is 11.8 Å². The normalized spacial score (nSPS) is 22.4. The summed E-state index contributed by atoms with van der Waals surface area (Å²) in [7, 11) is -9.58. The third-order valence-electron chi connectivity index (χ3n) is 11.7. The van der Waals surface area contributed by atoms with E-state index in [0.29, 0.717) is 11.2 Å². The zero-order valence-electron chi connectivity index (χ0n) is 35.9. The molecule has 2 N–H and O–H groups in total. The molecule has 6 atom stereocenters. The minimum Gasteiger partial charge on any atom is -0.464 e. The number of carbonyl (C=O) groups excluding carboxylic acids is 1. The second-order valence-electron chi connectivity index (χ2n) is 17.8. The van der Waals surface area contributed by atoms with Crippen LogP contribution in [-0.4, -0.2) is 80.7 Å². The number of para-hydroxylation sites is 1. The zero-order valence-corrected chi connectivity index (χ0v) is 38.8. The van der Waals surface area contributed by atoms with Gasteiger partial charge in [-0.1, -0.05) is 86.4 Å². The number of nitriles is 1. The Morgan fingerprint density at radius 2 is 1.67 bits per heavy atom. The first kappa shape index (κ1) is 46.3. The van der Waals surface area contributed by atoms with E-state index in [0.717, 1.165) is 18.8 Å². The quantitative estimate of drug-likeness (QED) is 0.0591. The van der Waals surface area contributed by atoms with Crippen molar-refractivity contribution in [3.63, 3.8) is 0 Å². The second-order valence-corrected chi connectivity index (χ2v) is 29.1. The van der Waals surface area contributed by atoms with Gasteiger partial charge in [0.25, 0.3) is 0 Å². The highest BCUT2D eigenvalue weighted by atomic mass is 31.2. The Morgan fingerprint density at radius 3 is 2.25 bits per heavy atom. The molecule has 57 heavy (non-hydrogen) atoms. The van der Waals surface area contributed by atoms with Crippen molar-refractivity contribution in [1.82, 2.24) is 14.6 Å². The Hall–Kier alpha value is -3.43. The van der Waals surface area contributed by atoms with Crippen molar-refractivity contribution in [2.45, 2.75) is 141 Å². The van der Waals surface area contributed by atoms with Gasteiger partial charge in [-0.3, -0.25) is 9.52 Å². The van der Waals surface area contributed by atoms with Crippen molar-refractivity contribution in [1.29, 1.82) is 5.26 Å². The molecule has 4 unspecified atom stereocenters. The van der Waals surface area contributed by atoms with Gasteiger partial charge in [0.05, 0.1) is 18.9 Å². The van der Waals surface area contributed by atoms with E-state index in [1.54, 1.807) is 53.9 Å². The number of fused-ring (bicyclic) bond motifs is 1. The third kappa shape index (κ3) is 10.4. The summed E-state index contributed by atoms with van der Waals surface area (Å²) in [5, 5.41) is 15.3. The second kappa shape index (κ2) is 17.8. The number of nitrogen functional groups attached to an aromatic ring is 1. The fourth-order valence-electron chi connectivity index (χ4n) is 5.79. The van der Waals surface area contributed by atoms with Crippen molar-refractivity contribution in [3.05, 3.63) is 54.5 Å². The Labute approximate surface area is 340 Å². The van der Waals surface area contributed by atoms with E-state index in [1.165, 1.54) is 6.33 Å². The molecule has 3 aromatic rings. The Kier molecular flexibility index (Phi) is 14.5. The molecule has 17 heteroatoms. The van der Waals surface area contributed by atoms with Crippen LogP contribution in [0.15, 0.2) is 53.8 Å². The number of carbonyl (C=O) groups is 1. The number of aromatic nitrogens is 3. The standard InChI is InChI=1S/C40H63N6O8PSi2/c1-14-29(15-2)23-49-37(47)28(3)44-27-55(48,52-30-19-17-16-18-20-30)50-24-32-34(53-56(10,11)38(4,5)6)35(54-57(12,13)39(7,8)9)40(25-41,51-32)33-22-21-31-36(42)43-26-45-46(31)33/h16-22,26-29,32,34-35H,14-15,23-24H2,1-13H3,(H2,42,43,45)/t28-,32?,34?,35?,40-,55?/m0/s1. The number of aliphatic imine (C=N–C) groups is 1. The highest BCUT2D eigenvalue weighted by molar-refractivity contribution is 7.70. The summed E-state index contributed by atoms with van der Waals surface area (Å²) in [4.78, 5) is 21.4. The predicted octanol–water partition coefficient (Wildman–Crippen LogP) is 8.89. The number of esters is 1. The third-order valence-corrected chi connectivity index (χ3v) is 22.0. The number of ether oxygens (including phenoxy) is 2. The molecule has 1 aliphatic rings. The van der Waals surface area contributed by atoms with Crippen molar-refractivity contribution < 1.29 is 36.7 Å². The topological polar surface area (TPSA) is 182 Å². The summed E-state index contributed by atoms with van der Waals surface area (Å²) < 4.78 is 55.4. The summed E-state index contributed by atoms with van der Waals surface area (Å²) in [5.74, 6) is 1.21. The van der Waals surface area contributed by atoms with Gasteiger partial charge in [-0.05, 0) is 73.4 Å². The molecule has 2 aromatic heterocycles. The van der Waals surface area contributed by atoms with Crippen LogP contribution in [0.2, 0.25) is 36.3 Å². The lowest BCUT2D eigenvalue weighted by Gasteiger charge is -2.45. The lowest BCUT2D eigenvalue weighted by molar-refractivity contribution is -0.146. The lowest BCUT2D eigenvalue weighted by Crippen LogP contribution is -2.56. The van der Waals surface area contributed by atoms with Gasteiger partial charge in [0, 0.05) is 0 Å². The smallest absolute Gasteiger partial charge is 0.421 e. The first-order valence-corrected chi connectivity index (χ1v) is 27.1. The fraction of sp³-hybridized carbons (Fsp3) is 0.625. The largest absolute Gasteiger partial charge is 0.464 e. The minimum absolute atomic E-state index is 0.227. The van der Waals surface area contributed by atoms with Crippen LogP contribution in [0.1, 0.15) is 80.8 Å². The fourth-order valence-corrected chi connectivity index (χ4v) is 9.69. The molecule has 0 radical (unpaired) electrons. The van der Waals surface area contributed by atoms with Gasteiger partial charge in [0.15, 0.2) is 22.5 Å². The average molecular weight is 843 g/mol. The number of hydrogen-bond donors (Lipinski definition) is 1. The van der Waals surface area contributed by atoms with Crippen LogP contribution in [-0.2, 0) is 37.8 Å². The molecule has 1 fully saturated rings. The Bertz CT molecular complexity index is 1950. The summed E-state index contributed by atoms with van der Waals surface area (Å²) >= 11 is 0. The van der Waals surface area contributed by atoms with Crippen LogP contribution in [0.4, 0.5) is 5.82 Å². The lowest BCUT2D eigenvalue weighted by atomic mass is 9.92. The van der Waals surface area contributed by atoms with E-state index >= 15 is 0 Å². The number of anilines is 1. The van der Waals surface area contributed by atoms with E-state index in [2.05, 4.69) is 88.9 Å². The van der Waals surface area contributed by atoms with Gasteiger partial charge in [-0.2, -0.15) is 10.4 Å². The molecule has 4 rings (SSSR count). The van der Waals surface area contributed by atoms with E-state index in [4.69, 9.17) is 33.1 Å². The van der Waals surface area contributed by atoms with E-state index in [1.807, 2.05) is 13.8 Å². The van der Waals surface area contributed by atoms with Crippen molar-refractivity contribution >= 4 is 47.5 Å². The average Bonchev–Trinajstić information content (AvgIpc) is 3.70. The molecular formula is C40H63N6O8PSi2. The van der Waals surface area contributed by atoms with Crippen LogP contribution in [0.25, 0.3) is 5.52 Å². The maximum Gasteiger partial charge on any atom is 0.421 e. The molecule has 0 bridgehead atoms. The van der Waals surface area contributed by atoms with E-state index in [-0.39, 0.29) is 40.8 Å². The molecule has 1 aromatic carbocycles. The maximum atomic E-state index is 14.7. The molecule has 314 valence electrons. The molecule has 1 aliphatic heterocycles. The number of hydrogen-bond acceptors (Lipinski definition) is 13. The summed E-state index contributed by atoms with van der Waals surface area (Å²) in [6.07, 6.45) is 0.173. The van der Waals surface area contributed by atoms with E-state index in [9.17, 15) is 14.6 Å². The summed E-state index contributed by atoms with van der Waals surface area (Å²) in [6.45, 7) is 26.7.